The van der Waals surface area contributed by atoms with E-state index in [0.29, 0.717) is 0 Å². The van der Waals surface area contributed by atoms with Crippen molar-refractivity contribution in [3.05, 3.63) is 30.1 Å². The lowest BCUT2D eigenvalue weighted by Gasteiger charge is -2.09. The van der Waals surface area contributed by atoms with Crippen LogP contribution < -0.4 is 0 Å². The topological polar surface area (TPSA) is 53.4 Å². The quantitative estimate of drug-likeness (QED) is 0.700. The first-order chi connectivity index (χ1) is 6.36. The molecule has 0 fully saturated rings. The summed E-state index contributed by atoms with van der Waals surface area (Å²) < 4.78 is 0. The van der Waals surface area contributed by atoms with E-state index in [2.05, 4.69) is 4.98 Å². The predicted molar refractivity (Wildman–Crippen MR) is 50.2 cm³/mol. The van der Waals surface area contributed by atoms with Crippen LogP contribution in [-0.2, 0) is 6.42 Å². The van der Waals surface area contributed by atoms with Gasteiger partial charge in [0.25, 0.3) is 0 Å². The van der Waals surface area contributed by atoms with Crippen LogP contribution in [0, 0.1) is 5.92 Å². The van der Waals surface area contributed by atoms with E-state index < -0.39 is 0 Å². The van der Waals surface area contributed by atoms with Crippen LogP contribution in [0.2, 0.25) is 0 Å². The van der Waals surface area contributed by atoms with Gasteiger partial charge in [0.2, 0.25) is 0 Å². The Kier molecular flexibility index (Phi) is 4.43. The Balaban J connectivity index is 2.34. The first kappa shape index (κ1) is 10.2. The van der Waals surface area contributed by atoms with Gasteiger partial charge in [0.15, 0.2) is 0 Å². The second kappa shape index (κ2) is 5.67. The van der Waals surface area contributed by atoms with Crippen molar-refractivity contribution in [1.29, 1.82) is 0 Å². The summed E-state index contributed by atoms with van der Waals surface area (Å²) in [5.74, 6) is -0.0120. The van der Waals surface area contributed by atoms with Crippen LogP contribution in [0.5, 0.6) is 0 Å². The Morgan fingerprint density at radius 1 is 1.23 bits per heavy atom. The number of nitrogens with zero attached hydrogens (tertiary/aromatic N) is 1. The molecule has 0 amide bonds. The summed E-state index contributed by atoms with van der Waals surface area (Å²) >= 11 is 0. The zero-order chi connectivity index (χ0) is 9.52. The van der Waals surface area contributed by atoms with Gasteiger partial charge in [-0.3, -0.25) is 4.98 Å². The van der Waals surface area contributed by atoms with E-state index in [9.17, 15) is 0 Å². The van der Waals surface area contributed by atoms with Crippen LogP contribution in [0.15, 0.2) is 24.4 Å². The molecular formula is C10H15NO2. The zero-order valence-corrected chi connectivity index (χ0v) is 7.56. The summed E-state index contributed by atoms with van der Waals surface area (Å²) in [6.07, 6.45) is 3.35. The van der Waals surface area contributed by atoms with Crippen molar-refractivity contribution in [2.45, 2.75) is 12.8 Å². The molecule has 0 bridgehead atoms. The van der Waals surface area contributed by atoms with Crippen LogP contribution in [0.3, 0.4) is 0 Å². The lowest BCUT2D eigenvalue weighted by Crippen LogP contribution is -2.12. The van der Waals surface area contributed by atoms with Gasteiger partial charge in [-0.1, -0.05) is 6.07 Å². The molecule has 13 heavy (non-hydrogen) atoms. The molecule has 0 aliphatic carbocycles. The number of aryl methyl sites for hydroxylation is 1. The Morgan fingerprint density at radius 2 is 2.00 bits per heavy atom. The number of aliphatic hydroxyl groups is 2. The molecule has 0 spiro atoms. The summed E-state index contributed by atoms with van der Waals surface area (Å²) in [5.41, 5.74) is 1.01. The van der Waals surface area contributed by atoms with Crippen molar-refractivity contribution >= 4 is 0 Å². The highest BCUT2D eigenvalue weighted by Crippen LogP contribution is 2.06. The number of hydrogen-bond acceptors (Lipinski definition) is 3. The Labute approximate surface area is 78.1 Å². The Bertz CT molecular complexity index is 222. The highest BCUT2D eigenvalue weighted by molar-refractivity contribution is 5.03. The smallest absolute Gasteiger partial charge is 0.0481 e. The van der Waals surface area contributed by atoms with Crippen LogP contribution in [-0.4, -0.2) is 28.4 Å². The van der Waals surface area contributed by atoms with Gasteiger partial charge in [-0.05, 0) is 25.0 Å². The second-order valence-electron chi connectivity index (χ2n) is 3.09. The molecule has 0 aliphatic rings. The average Bonchev–Trinajstić information content (AvgIpc) is 2.21. The summed E-state index contributed by atoms with van der Waals surface area (Å²) in [7, 11) is 0. The van der Waals surface area contributed by atoms with Crippen molar-refractivity contribution in [2.24, 2.45) is 5.92 Å². The highest BCUT2D eigenvalue weighted by Gasteiger charge is 2.05. The minimum Gasteiger partial charge on any atom is -0.396 e. The maximum atomic E-state index is 8.82. The molecule has 3 heteroatoms. The van der Waals surface area contributed by atoms with E-state index in [1.165, 1.54) is 0 Å². The van der Waals surface area contributed by atoms with E-state index in [1.54, 1.807) is 6.20 Å². The maximum Gasteiger partial charge on any atom is 0.0481 e. The van der Waals surface area contributed by atoms with Crippen molar-refractivity contribution in [3.8, 4) is 0 Å². The molecule has 3 nitrogen and oxygen atoms in total. The third kappa shape index (κ3) is 3.53. The molecule has 72 valence electrons. The molecule has 1 heterocycles. The first-order valence-electron chi connectivity index (χ1n) is 4.48. The minimum absolute atomic E-state index is 0.0120. The Morgan fingerprint density at radius 3 is 2.54 bits per heavy atom. The van der Waals surface area contributed by atoms with Gasteiger partial charge in [0, 0.05) is 31.0 Å². The standard InChI is InChI=1S/C10H15NO2/c12-7-9(8-13)4-5-10-3-1-2-6-11-10/h1-3,6,9,12-13H,4-5,7-8H2. The number of rotatable bonds is 5. The van der Waals surface area contributed by atoms with E-state index in [4.69, 9.17) is 10.2 Å². The van der Waals surface area contributed by atoms with E-state index >= 15 is 0 Å². The summed E-state index contributed by atoms with van der Waals surface area (Å²) in [4.78, 5) is 4.16. The summed E-state index contributed by atoms with van der Waals surface area (Å²) in [5, 5.41) is 17.6. The van der Waals surface area contributed by atoms with Gasteiger partial charge < -0.3 is 10.2 Å². The molecule has 0 unspecified atom stereocenters. The van der Waals surface area contributed by atoms with E-state index in [-0.39, 0.29) is 19.1 Å². The highest BCUT2D eigenvalue weighted by atomic mass is 16.3. The monoisotopic (exact) mass is 181 g/mol. The SMILES string of the molecule is OCC(CO)CCc1ccccn1. The van der Waals surface area contributed by atoms with Crippen molar-refractivity contribution in [1.82, 2.24) is 4.98 Å². The lowest BCUT2D eigenvalue weighted by molar-refractivity contribution is 0.144. The van der Waals surface area contributed by atoms with E-state index in [0.717, 1.165) is 18.5 Å². The minimum atomic E-state index is -0.0120. The molecule has 1 aromatic heterocycles. The van der Waals surface area contributed by atoms with Crippen LogP contribution in [0.25, 0.3) is 0 Å². The fourth-order valence-electron chi connectivity index (χ4n) is 1.14. The third-order valence-corrected chi connectivity index (χ3v) is 2.05. The predicted octanol–water partition coefficient (Wildman–Crippen LogP) is 0.615. The average molecular weight is 181 g/mol. The van der Waals surface area contributed by atoms with Gasteiger partial charge >= 0.3 is 0 Å². The first-order valence-corrected chi connectivity index (χ1v) is 4.48. The molecule has 0 radical (unpaired) electrons. The van der Waals surface area contributed by atoms with Crippen LogP contribution in [0.4, 0.5) is 0 Å². The van der Waals surface area contributed by atoms with Gasteiger partial charge in [-0.2, -0.15) is 0 Å². The summed E-state index contributed by atoms with van der Waals surface area (Å²) in [6.45, 7) is 0.0899. The molecule has 1 rings (SSSR count). The van der Waals surface area contributed by atoms with Gasteiger partial charge in [-0.25, -0.2) is 0 Å². The number of aromatic nitrogens is 1. The normalized spacial score (nSPS) is 10.7. The van der Waals surface area contributed by atoms with Gasteiger partial charge in [0.05, 0.1) is 0 Å². The van der Waals surface area contributed by atoms with Crippen LogP contribution in [0.1, 0.15) is 12.1 Å². The maximum absolute atomic E-state index is 8.82. The molecular weight excluding hydrogens is 166 g/mol. The molecule has 0 atom stereocenters. The fourth-order valence-corrected chi connectivity index (χ4v) is 1.14. The zero-order valence-electron chi connectivity index (χ0n) is 7.56. The fraction of sp³-hybridized carbons (Fsp3) is 0.500. The molecule has 0 aliphatic heterocycles. The number of pyridine rings is 1. The number of aliphatic hydroxyl groups excluding tert-OH is 2. The van der Waals surface area contributed by atoms with E-state index in [1.807, 2.05) is 18.2 Å². The van der Waals surface area contributed by atoms with Crippen molar-refractivity contribution in [2.75, 3.05) is 13.2 Å². The van der Waals surface area contributed by atoms with Gasteiger partial charge in [0.1, 0.15) is 0 Å². The third-order valence-electron chi connectivity index (χ3n) is 2.05. The summed E-state index contributed by atoms with van der Waals surface area (Å²) in [6, 6.07) is 5.76. The lowest BCUT2D eigenvalue weighted by atomic mass is 10.0. The second-order valence-corrected chi connectivity index (χ2v) is 3.09. The molecule has 0 aromatic carbocycles. The van der Waals surface area contributed by atoms with Crippen LogP contribution >= 0.6 is 0 Å². The van der Waals surface area contributed by atoms with Crippen molar-refractivity contribution < 1.29 is 10.2 Å². The van der Waals surface area contributed by atoms with Crippen molar-refractivity contribution in [3.63, 3.8) is 0 Å². The molecule has 0 saturated carbocycles. The largest absolute Gasteiger partial charge is 0.396 e. The molecule has 0 saturated heterocycles. The molecule has 1 aromatic rings. The Hall–Kier alpha value is -0.930. The van der Waals surface area contributed by atoms with Gasteiger partial charge in [-0.15, -0.1) is 0 Å². The molecule has 2 N–H and O–H groups in total. The number of hydrogen-bond donors (Lipinski definition) is 2.